The van der Waals surface area contributed by atoms with Crippen LogP contribution in [0.2, 0.25) is 0 Å². The topological polar surface area (TPSA) is 166 Å². The van der Waals surface area contributed by atoms with Crippen molar-refractivity contribution in [3.05, 3.63) is 48.0 Å². The van der Waals surface area contributed by atoms with Gasteiger partial charge in [0.15, 0.2) is 0 Å². The van der Waals surface area contributed by atoms with E-state index in [-0.39, 0.29) is 43.7 Å². The van der Waals surface area contributed by atoms with Crippen LogP contribution in [-0.4, -0.2) is 88.7 Å². The Morgan fingerprint density at radius 3 is 2.17 bits per heavy atom. The fourth-order valence-corrected chi connectivity index (χ4v) is 6.84. The first-order chi connectivity index (χ1) is 24.7. The second kappa shape index (κ2) is 18.7. The number of carbonyl (C=O) groups is 5. The lowest BCUT2D eigenvalue weighted by atomic mass is 9.86. The molecule has 6 atom stereocenters. The van der Waals surface area contributed by atoms with Gasteiger partial charge in [0.25, 0.3) is 5.91 Å². The van der Waals surface area contributed by atoms with E-state index in [0.717, 1.165) is 11.1 Å². The van der Waals surface area contributed by atoms with Crippen molar-refractivity contribution in [3.8, 4) is 11.8 Å². The van der Waals surface area contributed by atoms with E-state index in [1.54, 1.807) is 25.7 Å². The third-order valence-electron chi connectivity index (χ3n) is 9.39. The number of carbonyl (C=O) groups excluding carboxylic acids is 5. The molecule has 1 aromatic carbocycles. The van der Waals surface area contributed by atoms with Gasteiger partial charge in [0, 0.05) is 24.9 Å². The molecular weight excluding hydrogens is 674 g/mol. The Morgan fingerprint density at radius 2 is 1.64 bits per heavy atom. The van der Waals surface area contributed by atoms with Gasteiger partial charge in [-0.1, -0.05) is 84.2 Å². The number of hydrogen-bond donors (Lipinski definition) is 5. The number of hydrogen-bond acceptors (Lipinski definition) is 8. The van der Waals surface area contributed by atoms with Gasteiger partial charge in [-0.15, -0.1) is 12.5 Å². The van der Waals surface area contributed by atoms with Crippen molar-refractivity contribution < 1.29 is 33.8 Å². The summed E-state index contributed by atoms with van der Waals surface area (Å²) in [6, 6.07) is 3.42. The highest BCUT2D eigenvalue weighted by molar-refractivity contribution is 6.38. The molecule has 2 unspecified atom stereocenters. The summed E-state index contributed by atoms with van der Waals surface area (Å²) in [5.74, 6) is 3.30. The maximum atomic E-state index is 14.1. The van der Waals surface area contributed by atoms with Crippen molar-refractivity contribution >= 4 is 29.6 Å². The van der Waals surface area contributed by atoms with Gasteiger partial charge < -0.3 is 31.1 Å². The van der Waals surface area contributed by atoms with Crippen molar-refractivity contribution in [1.29, 1.82) is 0 Å². The van der Waals surface area contributed by atoms with Crippen molar-refractivity contribution in [3.63, 3.8) is 0 Å². The molecule has 1 fully saturated rings. The lowest BCUT2D eigenvalue weighted by Crippen LogP contribution is -2.62. The summed E-state index contributed by atoms with van der Waals surface area (Å²) in [6.45, 7) is 20.4. The molecule has 5 N–H and O–H groups in total. The number of fused-ring (bicyclic) bond motifs is 1. The van der Waals surface area contributed by atoms with E-state index in [2.05, 4.69) is 39.7 Å². The Bertz CT molecular complexity index is 1520. The van der Waals surface area contributed by atoms with Gasteiger partial charge in [0.2, 0.25) is 11.7 Å². The van der Waals surface area contributed by atoms with Gasteiger partial charge in [-0.3, -0.25) is 19.3 Å². The molecule has 1 aliphatic carbocycles. The van der Waals surface area contributed by atoms with Crippen molar-refractivity contribution in [2.45, 2.75) is 130 Å². The first-order valence-corrected chi connectivity index (χ1v) is 18.8. The van der Waals surface area contributed by atoms with Crippen LogP contribution in [0.5, 0.6) is 0 Å². The zero-order valence-corrected chi connectivity index (χ0v) is 33.0. The van der Waals surface area contributed by atoms with Gasteiger partial charge in [-0.05, 0) is 68.9 Å². The molecule has 0 aromatic heterocycles. The van der Waals surface area contributed by atoms with E-state index in [0.29, 0.717) is 19.3 Å². The summed E-state index contributed by atoms with van der Waals surface area (Å²) < 4.78 is 5.64. The zero-order valence-electron chi connectivity index (χ0n) is 33.0. The monoisotopic (exact) mass is 735 g/mol. The number of aliphatic hydroxyl groups is 1. The highest BCUT2D eigenvalue weighted by atomic mass is 16.6. The van der Waals surface area contributed by atoms with Gasteiger partial charge >= 0.3 is 12.0 Å². The van der Waals surface area contributed by atoms with E-state index < -0.39 is 71.0 Å². The fraction of sp³-hybridized carbons (Fsp3) is 0.634. The molecule has 12 nitrogen and oxygen atoms in total. The molecule has 0 radical (unpaired) electrons. The Morgan fingerprint density at radius 1 is 1.02 bits per heavy atom. The minimum Gasteiger partial charge on any atom is -0.458 e. The number of benzene rings is 1. The average molecular weight is 736 g/mol. The number of ketones is 1. The minimum absolute atomic E-state index is 0.0812. The van der Waals surface area contributed by atoms with E-state index in [9.17, 15) is 29.1 Å². The van der Waals surface area contributed by atoms with Gasteiger partial charge in [-0.2, -0.15) is 0 Å². The van der Waals surface area contributed by atoms with Crippen LogP contribution in [0.3, 0.4) is 0 Å². The average Bonchev–Trinajstić information content (AvgIpc) is 3.70. The number of nitrogens with zero attached hydrogens (tertiary/aromatic N) is 1. The molecule has 4 amide bonds. The van der Waals surface area contributed by atoms with Crippen LogP contribution < -0.4 is 21.3 Å². The Hall–Kier alpha value is -4.21. The number of nitrogens with one attached hydrogen (secondary N) is 4. The second-order valence-corrected chi connectivity index (χ2v) is 16.6. The molecule has 1 aliphatic heterocycles. The fourth-order valence-electron chi connectivity index (χ4n) is 6.84. The number of amides is 4. The molecule has 1 saturated heterocycles. The first kappa shape index (κ1) is 43.2. The lowest BCUT2D eigenvalue weighted by molar-refractivity contribution is -0.160. The summed E-state index contributed by atoms with van der Waals surface area (Å²) in [5.41, 5.74) is 0.728. The molecule has 1 aromatic rings. The van der Waals surface area contributed by atoms with E-state index in [1.807, 2.05) is 65.8 Å². The van der Waals surface area contributed by atoms with Gasteiger partial charge in [-0.25, -0.2) is 9.59 Å². The summed E-state index contributed by atoms with van der Waals surface area (Å²) in [5, 5.41) is 23.4. The number of ether oxygens (including phenoxy) is 1. The minimum atomic E-state index is -1.35. The largest absolute Gasteiger partial charge is 0.458 e. The molecule has 0 saturated carbocycles. The molecule has 53 heavy (non-hydrogen) atoms. The molecule has 2 aliphatic rings. The van der Waals surface area contributed by atoms with Crippen LogP contribution in [0.1, 0.15) is 92.7 Å². The quantitative estimate of drug-likeness (QED) is 0.0837. The Balaban J connectivity index is 1.97. The second-order valence-electron chi connectivity index (χ2n) is 16.6. The number of urea groups is 1. The van der Waals surface area contributed by atoms with Crippen LogP contribution in [-0.2, 0) is 36.8 Å². The Kier molecular flexibility index (Phi) is 15.2. The summed E-state index contributed by atoms with van der Waals surface area (Å²) >= 11 is 0. The summed E-state index contributed by atoms with van der Waals surface area (Å²) in [6.07, 6.45) is 2.30. The van der Waals surface area contributed by atoms with Crippen LogP contribution >= 0.6 is 0 Å². The predicted molar refractivity (Wildman–Crippen MR) is 204 cm³/mol. The molecule has 1 heterocycles. The third kappa shape index (κ3) is 12.4. The standard InChI is InChI=1S/C41H61N5O7/c1-11-15-30(33(47)36(49)42-20-12-2)43-35(48)31-21-26(19-18-25(3)4)24-46(31)37(50)32(29-22-27-16-13-14-17-28(27)23-29)44-39(52)45-34(40(5,6)7)38(51)53-41(8,9)10/h12-14,16-17,25-26,29-32,34,37,50H,2,11,15,20-24H2,1,3-10H3,(H,42,49)(H,43,48)(H2,44,45,52)/t26-,30?,31+,32+,34-,37?/m1/s1. The summed E-state index contributed by atoms with van der Waals surface area (Å²) in [4.78, 5) is 68.6. The molecule has 0 spiro atoms. The normalized spacial score (nSPS) is 19.8. The third-order valence-corrected chi connectivity index (χ3v) is 9.39. The van der Waals surface area contributed by atoms with E-state index in [4.69, 9.17) is 4.74 Å². The number of likely N-dealkylation sites (tertiary alicyclic amines) is 1. The number of rotatable bonds is 14. The SMILES string of the molecule is C=CCNC(=O)C(=O)C(CCC)NC(=O)[C@@H]1C[C@@H](C#CC(C)C)CN1C(O)[C@@H](NC(=O)N[C@H](C(=O)OC(C)(C)C)C(C)(C)C)C1Cc2ccccc2C1. The maximum Gasteiger partial charge on any atom is 0.329 e. The molecule has 3 rings (SSSR count). The van der Waals surface area contributed by atoms with Crippen LogP contribution in [0.4, 0.5) is 4.79 Å². The van der Waals surface area contributed by atoms with Crippen molar-refractivity contribution in [2.24, 2.45) is 23.2 Å². The van der Waals surface area contributed by atoms with E-state index in [1.165, 1.54) is 6.08 Å². The lowest BCUT2D eigenvalue weighted by Gasteiger charge is -2.38. The van der Waals surface area contributed by atoms with Gasteiger partial charge in [0.1, 0.15) is 17.9 Å². The number of Topliss-reactive ketones (excluding diaryl/α,β-unsaturated/α-hetero) is 1. The summed E-state index contributed by atoms with van der Waals surface area (Å²) in [7, 11) is 0. The Labute approximate surface area is 315 Å². The van der Waals surface area contributed by atoms with Crippen LogP contribution in [0.15, 0.2) is 36.9 Å². The molecule has 292 valence electrons. The molecule has 0 bridgehead atoms. The highest BCUT2D eigenvalue weighted by Gasteiger charge is 2.46. The highest BCUT2D eigenvalue weighted by Crippen LogP contribution is 2.34. The number of esters is 1. The van der Waals surface area contributed by atoms with Crippen molar-refractivity contribution in [1.82, 2.24) is 26.2 Å². The van der Waals surface area contributed by atoms with Gasteiger partial charge in [0.05, 0.1) is 18.1 Å². The maximum absolute atomic E-state index is 14.1. The van der Waals surface area contributed by atoms with Crippen LogP contribution in [0.25, 0.3) is 0 Å². The van der Waals surface area contributed by atoms with Crippen LogP contribution in [0, 0.1) is 35.0 Å². The first-order valence-electron chi connectivity index (χ1n) is 18.8. The molecule has 12 heteroatoms. The smallest absolute Gasteiger partial charge is 0.329 e. The van der Waals surface area contributed by atoms with E-state index >= 15 is 0 Å². The van der Waals surface area contributed by atoms with Crippen molar-refractivity contribution in [2.75, 3.05) is 13.1 Å². The zero-order chi connectivity index (χ0) is 39.7. The molecular formula is C41H61N5O7. The predicted octanol–water partition coefficient (Wildman–Crippen LogP) is 3.65. The number of aliphatic hydroxyl groups excluding tert-OH is 1.